The van der Waals surface area contributed by atoms with E-state index < -0.39 is 0 Å². The van der Waals surface area contributed by atoms with E-state index in [1.807, 2.05) is 48.8 Å². The molecular weight excluding hydrogens is 502 g/mol. The van der Waals surface area contributed by atoms with Crippen LogP contribution in [0, 0.1) is 11.3 Å². The number of benzene rings is 2. The van der Waals surface area contributed by atoms with Gasteiger partial charge in [-0.3, -0.25) is 9.97 Å². The van der Waals surface area contributed by atoms with Gasteiger partial charge in [0.2, 0.25) is 0 Å². The Kier molecular flexibility index (Phi) is 7.13. The van der Waals surface area contributed by atoms with E-state index in [2.05, 4.69) is 62.4 Å². The first-order valence-corrected chi connectivity index (χ1v) is 13.5. The zero-order valence-corrected chi connectivity index (χ0v) is 21.9. The minimum absolute atomic E-state index is 0.510. The number of thiophene rings is 1. The van der Waals surface area contributed by atoms with Crippen LogP contribution >= 0.6 is 11.3 Å². The molecule has 6 nitrogen and oxygen atoms in total. The number of rotatable bonds is 9. The number of nitrogens with zero attached hydrogens (tertiary/aromatic N) is 3. The van der Waals surface area contributed by atoms with Crippen molar-refractivity contribution in [2.24, 2.45) is 0 Å². The molecule has 6 aromatic rings. The topological polar surface area (TPSA) is 86.8 Å². The first kappa shape index (κ1) is 24.6. The summed E-state index contributed by atoms with van der Waals surface area (Å²) >= 11 is 1.74. The van der Waals surface area contributed by atoms with Gasteiger partial charge >= 0.3 is 0 Å². The number of furan rings is 1. The van der Waals surface area contributed by atoms with E-state index in [1.165, 1.54) is 16.0 Å². The molecule has 39 heavy (non-hydrogen) atoms. The highest BCUT2D eigenvalue weighted by atomic mass is 32.1. The fraction of sp³-hybridized carbons (Fsp3) is 0.0938. The zero-order valence-electron chi connectivity index (χ0n) is 21.1. The molecule has 0 atom stereocenters. The maximum absolute atomic E-state index is 9.78. The van der Waals surface area contributed by atoms with Crippen LogP contribution < -0.4 is 10.6 Å². The molecule has 0 spiro atoms. The van der Waals surface area contributed by atoms with Crippen molar-refractivity contribution in [2.75, 3.05) is 5.32 Å². The Morgan fingerprint density at radius 3 is 2.54 bits per heavy atom. The van der Waals surface area contributed by atoms with Crippen molar-refractivity contribution in [3.8, 4) is 17.2 Å². The Hall–Kier alpha value is -4.77. The smallest absolute Gasteiger partial charge is 0.103 e. The molecule has 0 bridgehead atoms. The number of hydrogen-bond acceptors (Lipinski definition) is 7. The number of nitrogens with one attached hydrogen (secondary N) is 2. The lowest BCUT2D eigenvalue weighted by Gasteiger charge is -2.13. The van der Waals surface area contributed by atoms with Crippen LogP contribution in [0.5, 0.6) is 0 Å². The molecule has 0 radical (unpaired) electrons. The molecule has 2 N–H and O–H groups in total. The summed E-state index contributed by atoms with van der Waals surface area (Å²) < 4.78 is 5.17. The summed E-state index contributed by atoms with van der Waals surface area (Å²) in [6, 6.07) is 25.0. The maximum Gasteiger partial charge on any atom is 0.103 e. The van der Waals surface area contributed by atoms with Crippen LogP contribution in [0.15, 0.2) is 108 Å². The van der Waals surface area contributed by atoms with Crippen LogP contribution in [-0.4, -0.2) is 9.97 Å². The predicted octanol–water partition coefficient (Wildman–Crippen LogP) is 7.45. The summed E-state index contributed by atoms with van der Waals surface area (Å²) in [5.41, 5.74) is 8.84. The van der Waals surface area contributed by atoms with Gasteiger partial charge in [0.05, 0.1) is 29.3 Å². The van der Waals surface area contributed by atoms with Gasteiger partial charge in [-0.05, 0) is 75.7 Å². The molecule has 0 aliphatic carbocycles. The SMILES string of the molecule is N#Cc1cnc2cc(-c3csc(CNCc4ccncc4)c3)ccc2c1Nc1ccc(Cc2ccoc2)cc1. The van der Waals surface area contributed by atoms with Crippen molar-refractivity contribution in [2.45, 2.75) is 19.5 Å². The number of aromatic nitrogens is 2. The minimum Gasteiger partial charge on any atom is -0.472 e. The summed E-state index contributed by atoms with van der Waals surface area (Å²) in [4.78, 5) is 9.94. The van der Waals surface area contributed by atoms with Crippen LogP contribution in [0.2, 0.25) is 0 Å². The third-order valence-electron chi connectivity index (χ3n) is 6.57. The zero-order chi connectivity index (χ0) is 26.4. The van der Waals surface area contributed by atoms with Crippen molar-refractivity contribution in [3.05, 3.63) is 130 Å². The average molecular weight is 528 g/mol. The second kappa shape index (κ2) is 11.3. The monoisotopic (exact) mass is 527 g/mol. The van der Waals surface area contributed by atoms with Crippen LogP contribution in [0.4, 0.5) is 11.4 Å². The molecule has 4 heterocycles. The van der Waals surface area contributed by atoms with Crippen LogP contribution in [0.1, 0.15) is 27.1 Å². The molecule has 0 fully saturated rings. The lowest BCUT2D eigenvalue weighted by atomic mass is 10.0. The van der Waals surface area contributed by atoms with Gasteiger partial charge in [0, 0.05) is 54.1 Å². The fourth-order valence-electron chi connectivity index (χ4n) is 4.53. The Morgan fingerprint density at radius 1 is 0.872 bits per heavy atom. The third kappa shape index (κ3) is 5.73. The average Bonchev–Trinajstić information content (AvgIpc) is 3.67. The van der Waals surface area contributed by atoms with E-state index in [0.717, 1.165) is 58.5 Å². The predicted molar refractivity (Wildman–Crippen MR) is 156 cm³/mol. The number of hydrogen-bond donors (Lipinski definition) is 2. The second-order valence-electron chi connectivity index (χ2n) is 9.28. The second-order valence-corrected chi connectivity index (χ2v) is 10.3. The lowest BCUT2D eigenvalue weighted by Crippen LogP contribution is -2.11. The number of fused-ring (bicyclic) bond motifs is 1. The summed E-state index contributed by atoms with van der Waals surface area (Å²) in [7, 11) is 0. The van der Waals surface area contributed by atoms with Crippen molar-refractivity contribution in [1.29, 1.82) is 5.26 Å². The molecule has 4 aromatic heterocycles. The van der Waals surface area contributed by atoms with Crippen molar-refractivity contribution >= 4 is 33.6 Å². The highest BCUT2D eigenvalue weighted by molar-refractivity contribution is 7.10. The first-order valence-electron chi connectivity index (χ1n) is 12.6. The van der Waals surface area contributed by atoms with E-state index in [1.54, 1.807) is 30.1 Å². The van der Waals surface area contributed by atoms with Gasteiger partial charge in [-0.15, -0.1) is 11.3 Å². The molecule has 7 heteroatoms. The summed E-state index contributed by atoms with van der Waals surface area (Å²) in [6.07, 6.45) is 9.54. The molecule has 0 unspecified atom stereocenters. The van der Waals surface area contributed by atoms with Gasteiger partial charge in [0.15, 0.2) is 0 Å². The Morgan fingerprint density at radius 2 is 1.74 bits per heavy atom. The Balaban J connectivity index is 1.19. The summed E-state index contributed by atoms with van der Waals surface area (Å²) in [5, 5.41) is 19.8. The van der Waals surface area contributed by atoms with Crippen molar-refractivity contribution in [3.63, 3.8) is 0 Å². The lowest BCUT2D eigenvalue weighted by molar-refractivity contribution is 0.564. The molecule has 2 aromatic carbocycles. The van der Waals surface area contributed by atoms with E-state index in [9.17, 15) is 5.26 Å². The van der Waals surface area contributed by atoms with E-state index in [-0.39, 0.29) is 0 Å². The van der Waals surface area contributed by atoms with Crippen LogP contribution in [0.25, 0.3) is 22.0 Å². The number of nitriles is 1. The fourth-order valence-corrected chi connectivity index (χ4v) is 5.39. The van der Waals surface area contributed by atoms with Crippen LogP contribution in [0.3, 0.4) is 0 Å². The molecule has 190 valence electrons. The molecule has 0 aliphatic heterocycles. The molecule has 0 amide bonds. The molecular formula is C32H25N5OS. The van der Waals surface area contributed by atoms with Crippen molar-refractivity contribution < 1.29 is 4.42 Å². The molecule has 6 rings (SSSR count). The summed E-state index contributed by atoms with van der Waals surface area (Å²) in [6.45, 7) is 1.61. The quantitative estimate of drug-likeness (QED) is 0.203. The molecule has 0 saturated carbocycles. The van der Waals surface area contributed by atoms with Gasteiger partial charge in [0.25, 0.3) is 0 Å². The largest absolute Gasteiger partial charge is 0.472 e. The standard InChI is InChI=1S/C32H25N5OS/c33-16-27-18-36-31-15-25(26-14-29(39-21-26)19-35-17-23-7-10-34-11-8-23)3-6-30(31)32(27)37-28-4-1-22(2-5-28)13-24-9-12-38-20-24/h1-12,14-15,18,20-21,35H,13,17,19H2,(H,36,37). The number of pyridine rings is 2. The van der Waals surface area contributed by atoms with Gasteiger partial charge in [-0.25, -0.2) is 0 Å². The van der Waals surface area contributed by atoms with E-state index in [4.69, 9.17) is 4.42 Å². The van der Waals surface area contributed by atoms with E-state index >= 15 is 0 Å². The Bertz CT molecular complexity index is 1740. The van der Waals surface area contributed by atoms with Crippen LogP contribution in [-0.2, 0) is 19.5 Å². The number of anilines is 2. The van der Waals surface area contributed by atoms with Gasteiger partial charge in [0.1, 0.15) is 6.07 Å². The van der Waals surface area contributed by atoms with Crippen molar-refractivity contribution in [1.82, 2.24) is 15.3 Å². The van der Waals surface area contributed by atoms with Gasteiger partial charge in [-0.2, -0.15) is 5.26 Å². The summed E-state index contributed by atoms with van der Waals surface area (Å²) in [5.74, 6) is 0. The highest BCUT2D eigenvalue weighted by Crippen LogP contribution is 2.33. The van der Waals surface area contributed by atoms with Gasteiger partial charge < -0.3 is 15.1 Å². The van der Waals surface area contributed by atoms with E-state index in [0.29, 0.717) is 5.56 Å². The maximum atomic E-state index is 9.78. The minimum atomic E-state index is 0.510. The third-order valence-corrected chi connectivity index (χ3v) is 7.50. The molecule has 0 saturated heterocycles. The first-order chi connectivity index (χ1) is 19.2. The molecule has 0 aliphatic rings. The normalized spacial score (nSPS) is 10.9. The van der Waals surface area contributed by atoms with Gasteiger partial charge in [-0.1, -0.05) is 24.3 Å². The highest BCUT2D eigenvalue weighted by Gasteiger charge is 2.12. The Labute approximate surface area is 230 Å².